The summed E-state index contributed by atoms with van der Waals surface area (Å²) in [5.41, 5.74) is 0. The van der Waals surface area contributed by atoms with Crippen LogP contribution in [0, 0.1) is 0 Å². The number of nitrogens with zero attached hydrogens (tertiary/aromatic N) is 1. The maximum absolute atomic E-state index is 11.0. The molecule has 17 heavy (non-hydrogen) atoms. The van der Waals surface area contributed by atoms with E-state index >= 15 is 0 Å². The molecule has 0 bridgehead atoms. The average Bonchev–Trinajstić information content (AvgIpc) is 2.69. The Hall–Kier alpha value is -0.650. The number of hydrogen-bond acceptors (Lipinski definition) is 4. The molecule has 0 saturated carbocycles. The predicted molar refractivity (Wildman–Crippen MR) is 66.2 cm³/mol. The van der Waals surface area contributed by atoms with Crippen LogP contribution in [0.5, 0.6) is 0 Å². The third-order valence-electron chi connectivity index (χ3n) is 3.42. The van der Waals surface area contributed by atoms with Gasteiger partial charge in [0.2, 0.25) is 0 Å². The molecule has 0 aromatic heterocycles. The van der Waals surface area contributed by atoms with E-state index in [4.69, 9.17) is 9.84 Å². The lowest BCUT2D eigenvalue weighted by Crippen LogP contribution is -2.42. The van der Waals surface area contributed by atoms with Crippen molar-refractivity contribution in [3.63, 3.8) is 0 Å². The van der Waals surface area contributed by atoms with Crippen molar-refractivity contribution in [1.82, 2.24) is 10.2 Å². The van der Waals surface area contributed by atoms with Crippen molar-refractivity contribution < 1.29 is 14.6 Å². The van der Waals surface area contributed by atoms with Crippen LogP contribution in [0.4, 0.5) is 0 Å². The molecule has 1 heterocycles. The molecule has 0 spiro atoms. The molecule has 0 aromatic rings. The largest absolute Gasteiger partial charge is 0.480 e. The van der Waals surface area contributed by atoms with Crippen molar-refractivity contribution in [3.8, 4) is 0 Å². The van der Waals surface area contributed by atoms with Gasteiger partial charge in [0.05, 0.1) is 6.10 Å². The summed E-state index contributed by atoms with van der Waals surface area (Å²) in [7, 11) is 2.04. The highest BCUT2D eigenvalue weighted by Gasteiger charge is 2.28. The first kappa shape index (κ1) is 14.4. The minimum absolute atomic E-state index is 0.252. The molecule has 1 aliphatic heterocycles. The molecule has 0 aromatic carbocycles. The summed E-state index contributed by atoms with van der Waals surface area (Å²) in [5.74, 6) is -0.768. The van der Waals surface area contributed by atoms with Gasteiger partial charge < -0.3 is 20.1 Å². The van der Waals surface area contributed by atoms with Crippen LogP contribution in [0.3, 0.4) is 0 Å². The molecule has 3 unspecified atom stereocenters. The summed E-state index contributed by atoms with van der Waals surface area (Å²) in [5, 5.41) is 12.0. The molecule has 2 N–H and O–H groups in total. The van der Waals surface area contributed by atoms with Crippen LogP contribution in [0.25, 0.3) is 0 Å². The Labute approximate surface area is 103 Å². The zero-order valence-electron chi connectivity index (χ0n) is 11.0. The highest BCUT2D eigenvalue weighted by atomic mass is 16.5. The number of carboxylic acids is 1. The highest BCUT2D eigenvalue weighted by molar-refractivity contribution is 5.73. The number of carbonyl (C=O) groups is 1. The molecule has 1 aliphatic rings. The molecule has 0 amide bonds. The van der Waals surface area contributed by atoms with Gasteiger partial charge in [-0.25, -0.2) is 0 Å². The normalized spacial score (nSPS) is 26.4. The van der Waals surface area contributed by atoms with Crippen molar-refractivity contribution in [2.24, 2.45) is 0 Å². The van der Waals surface area contributed by atoms with Gasteiger partial charge in [-0.05, 0) is 33.4 Å². The summed E-state index contributed by atoms with van der Waals surface area (Å²) in [6.07, 6.45) is 1.92. The standard InChI is InChI=1S/C12H24N2O3/c1-4-13-10(12(15)16)5-7-14(3)11-6-8-17-9(11)2/h9-11,13H,4-8H2,1-3H3,(H,15,16). The summed E-state index contributed by atoms with van der Waals surface area (Å²) in [6, 6.07) is -0.0221. The lowest BCUT2D eigenvalue weighted by molar-refractivity contribution is -0.139. The number of aliphatic carboxylic acids is 1. The SMILES string of the molecule is CCNC(CCN(C)C1CCOC1C)C(=O)O. The average molecular weight is 244 g/mol. The molecule has 5 nitrogen and oxygen atoms in total. The van der Waals surface area contributed by atoms with Crippen LogP contribution in [-0.2, 0) is 9.53 Å². The van der Waals surface area contributed by atoms with E-state index in [1.165, 1.54) is 0 Å². The Morgan fingerprint density at radius 2 is 2.35 bits per heavy atom. The summed E-state index contributed by atoms with van der Waals surface area (Å²) >= 11 is 0. The van der Waals surface area contributed by atoms with Crippen LogP contribution in [0.15, 0.2) is 0 Å². The summed E-state index contributed by atoms with van der Waals surface area (Å²) in [6.45, 7) is 6.28. The van der Waals surface area contributed by atoms with E-state index in [1.54, 1.807) is 0 Å². The second kappa shape index (κ2) is 6.93. The number of ether oxygens (including phenoxy) is 1. The van der Waals surface area contributed by atoms with Crippen molar-refractivity contribution >= 4 is 5.97 Å². The molecule has 0 radical (unpaired) electrons. The number of rotatable bonds is 7. The number of likely N-dealkylation sites (N-methyl/N-ethyl adjacent to an activating group) is 2. The van der Waals surface area contributed by atoms with Crippen LogP contribution in [-0.4, -0.2) is 60.9 Å². The van der Waals surface area contributed by atoms with E-state index in [-0.39, 0.29) is 6.10 Å². The summed E-state index contributed by atoms with van der Waals surface area (Å²) in [4.78, 5) is 13.2. The highest BCUT2D eigenvalue weighted by Crippen LogP contribution is 2.18. The first-order chi connectivity index (χ1) is 8.06. The van der Waals surface area contributed by atoms with Gasteiger partial charge >= 0.3 is 5.97 Å². The molecular weight excluding hydrogens is 220 g/mol. The fraction of sp³-hybridized carbons (Fsp3) is 0.917. The predicted octanol–water partition coefficient (Wildman–Crippen LogP) is 0.548. The Morgan fingerprint density at radius 1 is 1.65 bits per heavy atom. The Morgan fingerprint density at radius 3 is 2.82 bits per heavy atom. The van der Waals surface area contributed by atoms with Gasteiger partial charge in [-0.3, -0.25) is 4.79 Å². The fourth-order valence-electron chi connectivity index (χ4n) is 2.36. The summed E-state index contributed by atoms with van der Waals surface area (Å²) < 4.78 is 5.51. The van der Waals surface area contributed by atoms with E-state index < -0.39 is 12.0 Å². The van der Waals surface area contributed by atoms with Gasteiger partial charge in [-0.1, -0.05) is 6.92 Å². The second-order valence-corrected chi connectivity index (χ2v) is 4.65. The zero-order valence-corrected chi connectivity index (χ0v) is 11.0. The van der Waals surface area contributed by atoms with Gasteiger partial charge in [0.15, 0.2) is 0 Å². The molecule has 1 saturated heterocycles. The van der Waals surface area contributed by atoms with E-state index in [0.29, 0.717) is 19.0 Å². The van der Waals surface area contributed by atoms with E-state index in [9.17, 15) is 4.79 Å². The Balaban J connectivity index is 2.35. The topological polar surface area (TPSA) is 61.8 Å². The fourth-order valence-corrected chi connectivity index (χ4v) is 2.36. The molecule has 5 heteroatoms. The van der Waals surface area contributed by atoms with Gasteiger partial charge in [0, 0.05) is 19.2 Å². The van der Waals surface area contributed by atoms with Crippen LogP contribution < -0.4 is 5.32 Å². The second-order valence-electron chi connectivity index (χ2n) is 4.65. The molecule has 1 fully saturated rings. The lowest BCUT2D eigenvalue weighted by Gasteiger charge is -2.27. The van der Waals surface area contributed by atoms with Crippen molar-refractivity contribution in [3.05, 3.63) is 0 Å². The quantitative estimate of drug-likeness (QED) is 0.685. The molecule has 1 rings (SSSR count). The number of nitrogens with one attached hydrogen (secondary N) is 1. The van der Waals surface area contributed by atoms with Crippen molar-refractivity contribution in [2.45, 2.75) is 44.9 Å². The molecule has 3 atom stereocenters. The zero-order chi connectivity index (χ0) is 12.8. The minimum atomic E-state index is -0.768. The Bertz CT molecular complexity index is 248. The lowest BCUT2D eigenvalue weighted by atomic mass is 10.1. The monoisotopic (exact) mass is 244 g/mol. The van der Waals surface area contributed by atoms with Gasteiger partial charge in [0.1, 0.15) is 6.04 Å². The van der Waals surface area contributed by atoms with Gasteiger partial charge in [-0.2, -0.15) is 0 Å². The van der Waals surface area contributed by atoms with Crippen LogP contribution >= 0.6 is 0 Å². The third kappa shape index (κ3) is 4.26. The smallest absolute Gasteiger partial charge is 0.320 e. The third-order valence-corrected chi connectivity index (χ3v) is 3.42. The first-order valence-corrected chi connectivity index (χ1v) is 6.34. The van der Waals surface area contributed by atoms with Crippen LogP contribution in [0.2, 0.25) is 0 Å². The number of carboxylic acid groups (broad SMARTS) is 1. The van der Waals surface area contributed by atoms with E-state index in [1.807, 2.05) is 14.0 Å². The maximum Gasteiger partial charge on any atom is 0.320 e. The van der Waals surface area contributed by atoms with E-state index in [2.05, 4.69) is 17.1 Å². The molecular formula is C12H24N2O3. The van der Waals surface area contributed by atoms with Gasteiger partial charge in [0.25, 0.3) is 0 Å². The first-order valence-electron chi connectivity index (χ1n) is 6.34. The molecule has 0 aliphatic carbocycles. The molecule has 100 valence electrons. The maximum atomic E-state index is 11.0. The minimum Gasteiger partial charge on any atom is -0.480 e. The van der Waals surface area contributed by atoms with Crippen molar-refractivity contribution in [1.29, 1.82) is 0 Å². The van der Waals surface area contributed by atoms with Crippen LogP contribution in [0.1, 0.15) is 26.7 Å². The Kier molecular flexibility index (Phi) is 5.88. The van der Waals surface area contributed by atoms with E-state index in [0.717, 1.165) is 19.6 Å². The van der Waals surface area contributed by atoms with Crippen molar-refractivity contribution in [2.75, 3.05) is 26.7 Å². The number of hydrogen-bond donors (Lipinski definition) is 2. The van der Waals surface area contributed by atoms with Gasteiger partial charge in [-0.15, -0.1) is 0 Å².